The van der Waals surface area contributed by atoms with Gasteiger partial charge in [0.15, 0.2) is 5.41 Å². The first-order chi connectivity index (χ1) is 10.5. The van der Waals surface area contributed by atoms with Gasteiger partial charge in [-0.3, -0.25) is 0 Å². The van der Waals surface area contributed by atoms with Crippen LogP contribution >= 0.6 is 0 Å². The molecule has 6 heteroatoms. The van der Waals surface area contributed by atoms with Crippen LogP contribution in [-0.4, -0.2) is 24.5 Å². The van der Waals surface area contributed by atoms with Crippen LogP contribution in [0.5, 0.6) is 0 Å². The molecule has 4 rings (SSSR count). The monoisotopic (exact) mass is 300 g/mol. The molecule has 6 nitrogen and oxygen atoms in total. The maximum Gasteiger partial charge on any atom is 0.293 e. The number of nitrogens with two attached hydrogens (primary N) is 1. The van der Waals surface area contributed by atoms with Gasteiger partial charge in [0.1, 0.15) is 11.3 Å². The number of ether oxygens (including phenoxy) is 2. The lowest BCUT2D eigenvalue weighted by Crippen LogP contribution is -2.42. The van der Waals surface area contributed by atoms with E-state index in [0.717, 1.165) is 25.7 Å². The first-order valence-corrected chi connectivity index (χ1v) is 7.95. The SMILES string of the molecule is CC1CCC2(CC1)[C@]1(C#N)[C@@]3(N=C(N)[C@]21C#N)OC[C@H](C)O3. The summed E-state index contributed by atoms with van der Waals surface area (Å²) in [5.41, 5.74) is 3.55. The molecule has 4 aliphatic rings. The van der Waals surface area contributed by atoms with Crippen molar-refractivity contribution in [3.63, 3.8) is 0 Å². The lowest BCUT2D eigenvalue weighted by atomic mass is 9.73. The summed E-state index contributed by atoms with van der Waals surface area (Å²) in [5, 5.41) is 20.0. The summed E-state index contributed by atoms with van der Waals surface area (Å²) in [6, 6.07) is 4.76. The van der Waals surface area contributed by atoms with Crippen LogP contribution < -0.4 is 5.73 Å². The maximum absolute atomic E-state index is 10.1. The highest BCUT2D eigenvalue weighted by molar-refractivity contribution is 6.00. The number of amidine groups is 1. The fraction of sp³-hybridized carbons (Fsp3) is 0.812. The number of aliphatic imine (C=N–C) groups is 1. The third kappa shape index (κ3) is 1.06. The Labute approximate surface area is 129 Å². The highest BCUT2D eigenvalue weighted by Crippen LogP contribution is 2.89. The molecule has 2 heterocycles. The lowest BCUT2D eigenvalue weighted by Gasteiger charge is -2.35. The molecule has 2 spiro atoms. The Morgan fingerprint density at radius 3 is 2.41 bits per heavy atom. The van der Waals surface area contributed by atoms with Gasteiger partial charge in [-0.05, 0) is 25.7 Å². The zero-order valence-electron chi connectivity index (χ0n) is 12.9. The van der Waals surface area contributed by atoms with Gasteiger partial charge in [0, 0.05) is 5.41 Å². The molecule has 4 atom stereocenters. The Bertz CT molecular complexity index is 654. The second-order valence-electron chi connectivity index (χ2n) is 7.31. The van der Waals surface area contributed by atoms with Gasteiger partial charge < -0.3 is 15.2 Å². The molecule has 0 aromatic rings. The fourth-order valence-corrected chi connectivity index (χ4v) is 5.34. The van der Waals surface area contributed by atoms with E-state index < -0.39 is 22.2 Å². The summed E-state index contributed by atoms with van der Waals surface area (Å²) in [7, 11) is 0. The normalized spacial score (nSPS) is 55.5. The largest absolute Gasteiger partial charge is 0.386 e. The van der Waals surface area contributed by atoms with Crippen molar-refractivity contribution in [1.82, 2.24) is 0 Å². The van der Waals surface area contributed by atoms with Gasteiger partial charge in [0.25, 0.3) is 5.91 Å². The van der Waals surface area contributed by atoms with E-state index in [9.17, 15) is 10.5 Å². The van der Waals surface area contributed by atoms with Crippen molar-refractivity contribution in [2.75, 3.05) is 6.61 Å². The smallest absolute Gasteiger partial charge is 0.293 e. The predicted octanol–water partition coefficient (Wildman–Crippen LogP) is 1.68. The molecule has 0 aromatic carbocycles. The van der Waals surface area contributed by atoms with Gasteiger partial charge in [-0.25, -0.2) is 4.99 Å². The van der Waals surface area contributed by atoms with Crippen molar-refractivity contribution < 1.29 is 9.47 Å². The number of nitriles is 2. The Kier molecular flexibility index (Phi) is 2.43. The Hall–Kier alpha value is -1.63. The van der Waals surface area contributed by atoms with Crippen LogP contribution in [0.3, 0.4) is 0 Å². The van der Waals surface area contributed by atoms with E-state index in [-0.39, 0.29) is 11.9 Å². The lowest BCUT2D eigenvalue weighted by molar-refractivity contribution is -0.202. The van der Waals surface area contributed by atoms with E-state index in [1.54, 1.807) is 0 Å². The Morgan fingerprint density at radius 1 is 1.23 bits per heavy atom. The van der Waals surface area contributed by atoms with Crippen LogP contribution in [0.1, 0.15) is 39.5 Å². The summed E-state index contributed by atoms with van der Waals surface area (Å²) in [6.45, 7) is 4.46. The Morgan fingerprint density at radius 2 is 1.91 bits per heavy atom. The summed E-state index contributed by atoms with van der Waals surface area (Å²) in [6.07, 6.45) is 3.43. The van der Waals surface area contributed by atoms with Gasteiger partial charge in [-0.1, -0.05) is 19.8 Å². The Balaban J connectivity index is 1.89. The highest BCUT2D eigenvalue weighted by atomic mass is 16.8. The average molecular weight is 300 g/mol. The first-order valence-electron chi connectivity index (χ1n) is 7.95. The minimum Gasteiger partial charge on any atom is -0.386 e. The van der Waals surface area contributed by atoms with Gasteiger partial charge in [-0.15, -0.1) is 0 Å². The molecule has 3 fully saturated rings. The molecular formula is C16H20N4O2. The third-order valence-electron chi connectivity index (χ3n) is 6.40. The van der Waals surface area contributed by atoms with Gasteiger partial charge in [0.05, 0.1) is 24.8 Å². The van der Waals surface area contributed by atoms with Crippen molar-refractivity contribution in [2.24, 2.45) is 32.9 Å². The third-order valence-corrected chi connectivity index (χ3v) is 6.40. The summed E-state index contributed by atoms with van der Waals surface area (Å²) in [4.78, 5) is 4.36. The molecular weight excluding hydrogens is 280 g/mol. The van der Waals surface area contributed by atoms with Crippen molar-refractivity contribution in [1.29, 1.82) is 10.5 Å². The minimum absolute atomic E-state index is 0.156. The molecule has 0 bridgehead atoms. The molecule has 2 saturated carbocycles. The van der Waals surface area contributed by atoms with Crippen LogP contribution in [0.15, 0.2) is 4.99 Å². The van der Waals surface area contributed by atoms with Gasteiger partial charge in [0.2, 0.25) is 0 Å². The first kappa shape index (κ1) is 14.0. The number of hydrogen-bond donors (Lipinski definition) is 1. The van der Waals surface area contributed by atoms with E-state index >= 15 is 0 Å². The number of nitrogens with zero attached hydrogens (tertiary/aromatic N) is 3. The molecule has 2 N–H and O–H groups in total. The van der Waals surface area contributed by atoms with Crippen LogP contribution in [0.4, 0.5) is 0 Å². The van der Waals surface area contributed by atoms with Crippen molar-refractivity contribution in [3.05, 3.63) is 0 Å². The van der Waals surface area contributed by atoms with E-state index in [0.29, 0.717) is 12.5 Å². The summed E-state index contributed by atoms with van der Waals surface area (Å²) in [5.74, 6) is -0.557. The highest BCUT2D eigenvalue weighted by Gasteiger charge is 3.00. The van der Waals surface area contributed by atoms with Gasteiger partial charge in [-0.2, -0.15) is 10.5 Å². The van der Waals surface area contributed by atoms with E-state index in [1.165, 1.54) is 0 Å². The topological polar surface area (TPSA) is 104 Å². The molecule has 0 amide bonds. The number of fused-ring (bicyclic) bond motifs is 4. The summed E-state index contributed by atoms with van der Waals surface area (Å²) >= 11 is 0. The zero-order valence-corrected chi connectivity index (χ0v) is 12.9. The fourth-order valence-electron chi connectivity index (χ4n) is 5.34. The molecule has 2 aliphatic heterocycles. The average Bonchev–Trinajstić information content (AvgIpc) is 2.69. The molecule has 0 aromatic heterocycles. The number of rotatable bonds is 0. The molecule has 2 aliphatic carbocycles. The zero-order chi connectivity index (χ0) is 15.8. The van der Waals surface area contributed by atoms with Crippen LogP contribution in [-0.2, 0) is 9.47 Å². The molecule has 116 valence electrons. The molecule has 1 saturated heterocycles. The van der Waals surface area contributed by atoms with E-state index in [4.69, 9.17) is 15.2 Å². The maximum atomic E-state index is 10.1. The van der Waals surface area contributed by atoms with Crippen molar-refractivity contribution in [3.8, 4) is 12.1 Å². The van der Waals surface area contributed by atoms with Crippen molar-refractivity contribution >= 4 is 5.84 Å². The molecule has 0 unspecified atom stereocenters. The van der Waals surface area contributed by atoms with E-state index in [2.05, 4.69) is 24.1 Å². The predicted molar refractivity (Wildman–Crippen MR) is 77.0 cm³/mol. The minimum atomic E-state index is -1.39. The molecule has 22 heavy (non-hydrogen) atoms. The quantitative estimate of drug-likeness (QED) is 0.732. The van der Waals surface area contributed by atoms with E-state index in [1.807, 2.05) is 6.92 Å². The van der Waals surface area contributed by atoms with Crippen LogP contribution in [0.25, 0.3) is 0 Å². The molecule has 0 radical (unpaired) electrons. The van der Waals surface area contributed by atoms with Crippen molar-refractivity contribution in [2.45, 2.75) is 51.5 Å². The second-order valence-corrected chi connectivity index (χ2v) is 7.31. The summed E-state index contributed by atoms with van der Waals surface area (Å²) < 4.78 is 11.8. The van der Waals surface area contributed by atoms with Crippen LogP contribution in [0, 0.1) is 44.8 Å². The second kappa shape index (κ2) is 3.82. The number of hydrogen-bond acceptors (Lipinski definition) is 6. The van der Waals surface area contributed by atoms with Gasteiger partial charge >= 0.3 is 0 Å². The standard InChI is InChI=1S/C16H20N4O2/c1-10-3-5-13(6-4-10)14(8-17)12(19)20-16(15(13,14)9-18)21-7-11(2)22-16/h10-11H,3-7H2,1-2H3,(H2,19,20)/t10?,11-,13?,14+,15-,16+/m0/s1. The van der Waals surface area contributed by atoms with Crippen LogP contribution in [0.2, 0.25) is 0 Å².